The Morgan fingerprint density at radius 2 is 2.17 bits per heavy atom. The molecule has 0 aromatic carbocycles. The Labute approximate surface area is 74.5 Å². The highest BCUT2D eigenvalue weighted by Crippen LogP contribution is 2.50. The summed E-state index contributed by atoms with van der Waals surface area (Å²) < 4.78 is 0. The molecule has 0 heterocycles. The fourth-order valence-corrected chi connectivity index (χ4v) is 2.68. The van der Waals surface area contributed by atoms with E-state index in [4.69, 9.17) is 0 Å². The van der Waals surface area contributed by atoms with E-state index >= 15 is 0 Å². The summed E-state index contributed by atoms with van der Waals surface area (Å²) in [5, 5.41) is 9.36. The predicted octanol–water partition coefficient (Wildman–Crippen LogP) is 2.51. The van der Waals surface area contributed by atoms with Crippen molar-refractivity contribution in [2.45, 2.75) is 38.5 Å². The molecule has 1 N–H and O–H groups in total. The summed E-state index contributed by atoms with van der Waals surface area (Å²) in [4.78, 5) is 0. The largest absolute Gasteiger partial charge is 0.396 e. The third-order valence-corrected chi connectivity index (χ3v) is 3.80. The van der Waals surface area contributed by atoms with Gasteiger partial charge in [-0.15, -0.1) is 0 Å². The van der Waals surface area contributed by atoms with Crippen LogP contribution in [0.4, 0.5) is 0 Å². The summed E-state index contributed by atoms with van der Waals surface area (Å²) in [6.07, 6.45) is 12.2. The first-order valence-corrected chi connectivity index (χ1v) is 5.13. The zero-order chi connectivity index (χ0) is 8.44. The monoisotopic (exact) mass is 166 g/mol. The molecule has 2 aliphatic rings. The minimum absolute atomic E-state index is 0.338. The molecule has 1 saturated carbocycles. The number of hydrogen-bond acceptors (Lipinski definition) is 1. The Kier molecular flexibility index (Phi) is 2.22. The molecule has 0 radical (unpaired) electrons. The molecule has 68 valence electrons. The van der Waals surface area contributed by atoms with E-state index in [2.05, 4.69) is 12.2 Å². The Morgan fingerprint density at radius 3 is 2.58 bits per heavy atom. The Hall–Kier alpha value is -0.300. The Balaban J connectivity index is 2.01. The number of allylic oxidation sites excluding steroid dienone is 2. The third-order valence-electron chi connectivity index (χ3n) is 3.80. The van der Waals surface area contributed by atoms with Gasteiger partial charge in [-0.25, -0.2) is 0 Å². The maximum absolute atomic E-state index is 9.36. The third kappa shape index (κ3) is 1.20. The van der Waals surface area contributed by atoms with Crippen molar-refractivity contribution in [3.05, 3.63) is 12.2 Å². The lowest BCUT2D eigenvalue weighted by molar-refractivity contribution is -0.0173. The highest BCUT2D eigenvalue weighted by Gasteiger charge is 2.42. The van der Waals surface area contributed by atoms with Crippen LogP contribution in [0, 0.1) is 11.3 Å². The number of rotatable bonds is 2. The fourth-order valence-electron chi connectivity index (χ4n) is 2.68. The van der Waals surface area contributed by atoms with Crippen LogP contribution in [0.1, 0.15) is 38.5 Å². The van der Waals surface area contributed by atoms with Gasteiger partial charge >= 0.3 is 0 Å². The van der Waals surface area contributed by atoms with Gasteiger partial charge in [0.1, 0.15) is 0 Å². The van der Waals surface area contributed by atoms with Gasteiger partial charge in [0.25, 0.3) is 0 Å². The topological polar surface area (TPSA) is 20.2 Å². The van der Waals surface area contributed by atoms with Gasteiger partial charge in [0, 0.05) is 6.61 Å². The van der Waals surface area contributed by atoms with Gasteiger partial charge in [-0.1, -0.05) is 18.6 Å². The molecular weight excluding hydrogens is 148 g/mol. The Morgan fingerprint density at radius 1 is 1.33 bits per heavy atom. The number of aliphatic hydroxyl groups excluding tert-OH is 1. The van der Waals surface area contributed by atoms with Crippen LogP contribution in [0.3, 0.4) is 0 Å². The molecule has 0 bridgehead atoms. The first-order valence-electron chi connectivity index (χ1n) is 5.13. The van der Waals surface area contributed by atoms with Gasteiger partial charge in [0.2, 0.25) is 0 Å². The molecular formula is C11H18O. The second-order valence-corrected chi connectivity index (χ2v) is 4.36. The van der Waals surface area contributed by atoms with E-state index in [1.54, 1.807) is 0 Å². The molecule has 1 atom stereocenters. The van der Waals surface area contributed by atoms with Gasteiger partial charge in [-0.05, 0) is 43.4 Å². The number of aliphatic hydroxyl groups is 1. The minimum atomic E-state index is 0.338. The van der Waals surface area contributed by atoms with Crippen molar-refractivity contribution < 1.29 is 5.11 Å². The Bertz CT molecular complexity index is 174. The molecule has 1 fully saturated rings. The molecule has 1 nitrogen and oxygen atoms in total. The van der Waals surface area contributed by atoms with Crippen LogP contribution >= 0.6 is 0 Å². The smallest absolute Gasteiger partial charge is 0.0490 e. The fraction of sp³-hybridized carbons (Fsp3) is 0.818. The average Bonchev–Trinajstić information content (AvgIpc) is 2.05. The van der Waals surface area contributed by atoms with Crippen molar-refractivity contribution in [3.63, 3.8) is 0 Å². The normalized spacial score (nSPS) is 32.9. The maximum Gasteiger partial charge on any atom is 0.0490 e. The second kappa shape index (κ2) is 3.21. The summed E-state index contributed by atoms with van der Waals surface area (Å²) in [6, 6.07) is 0. The van der Waals surface area contributed by atoms with E-state index < -0.39 is 0 Å². The molecule has 1 unspecified atom stereocenters. The molecule has 0 amide bonds. The van der Waals surface area contributed by atoms with Crippen LogP contribution in [0.15, 0.2) is 12.2 Å². The highest BCUT2D eigenvalue weighted by molar-refractivity contribution is 5.00. The van der Waals surface area contributed by atoms with E-state index in [9.17, 15) is 5.11 Å². The van der Waals surface area contributed by atoms with Crippen LogP contribution in [-0.4, -0.2) is 11.7 Å². The van der Waals surface area contributed by atoms with E-state index in [1.165, 1.54) is 38.5 Å². The molecule has 12 heavy (non-hydrogen) atoms. The molecule has 0 aliphatic heterocycles. The zero-order valence-corrected chi connectivity index (χ0v) is 7.63. The lowest BCUT2D eigenvalue weighted by atomic mass is 9.59. The summed E-state index contributed by atoms with van der Waals surface area (Å²) in [5.41, 5.74) is 0.338. The maximum atomic E-state index is 9.36. The van der Waals surface area contributed by atoms with Gasteiger partial charge in [-0.2, -0.15) is 0 Å². The summed E-state index contributed by atoms with van der Waals surface area (Å²) in [6.45, 7) is 0.422. The summed E-state index contributed by atoms with van der Waals surface area (Å²) in [7, 11) is 0. The molecule has 0 aromatic rings. The van der Waals surface area contributed by atoms with E-state index in [1.807, 2.05) is 0 Å². The molecule has 0 saturated heterocycles. The van der Waals surface area contributed by atoms with Gasteiger partial charge in [0.15, 0.2) is 0 Å². The quantitative estimate of drug-likeness (QED) is 0.625. The van der Waals surface area contributed by atoms with Crippen LogP contribution in [0.25, 0.3) is 0 Å². The standard InChI is InChI=1S/C11H18O/c12-9-11(7-4-8-11)10-5-2-1-3-6-10/h1-2,10,12H,3-9H2. The van der Waals surface area contributed by atoms with Crippen molar-refractivity contribution in [2.75, 3.05) is 6.61 Å². The first kappa shape index (κ1) is 8.31. The first-order chi connectivity index (χ1) is 5.87. The van der Waals surface area contributed by atoms with Crippen molar-refractivity contribution in [1.29, 1.82) is 0 Å². The van der Waals surface area contributed by atoms with Crippen LogP contribution in [0.2, 0.25) is 0 Å². The summed E-state index contributed by atoms with van der Waals surface area (Å²) >= 11 is 0. The lowest BCUT2D eigenvalue weighted by Gasteiger charge is -2.47. The van der Waals surface area contributed by atoms with Gasteiger partial charge in [0.05, 0.1) is 0 Å². The molecule has 1 heteroatoms. The van der Waals surface area contributed by atoms with Crippen molar-refractivity contribution in [1.82, 2.24) is 0 Å². The highest BCUT2D eigenvalue weighted by atomic mass is 16.3. The number of hydrogen-bond donors (Lipinski definition) is 1. The van der Waals surface area contributed by atoms with E-state index in [0.29, 0.717) is 12.0 Å². The van der Waals surface area contributed by atoms with Gasteiger partial charge < -0.3 is 5.11 Å². The van der Waals surface area contributed by atoms with Crippen LogP contribution < -0.4 is 0 Å². The summed E-state index contributed by atoms with van der Waals surface area (Å²) in [5.74, 6) is 0.779. The van der Waals surface area contributed by atoms with Crippen molar-refractivity contribution in [2.24, 2.45) is 11.3 Å². The van der Waals surface area contributed by atoms with Crippen LogP contribution in [0.5, 0.6) is 0 Å². The second-order valence-electron chi connectivity index (χ2n) is 4.36. The van der Waals surface area contributed by atoms with Crippen molar-refractivity contribution >= 4 is 0 Å². The van der Waals surface area contributed by atoms with Crippen molar-refractivity contribution in [3.8, 4) is 0 Å². The van der Waals surface area contributed by atoms with E-state index in [0.717, 1.165) is 5.92 Å². The molecule has 0 aromatic heterocycles. The average molecular weight is 166 g/mol. The minimum Gasteiger partial charge on any atom is -0.396 e. The molecule has 2 aliphatic carbocycles. The molecule has 2 rings (SSSR count). The lowest BCUT2D eigenvalue weighted by Crippen LogP contribution is -2.41. The predicted molar refractivity (Wildman–Crippen MR) is 49.9 cm³/mol. The van der Waals surface area contributed by atoms with Crippen LogP contribution in [-0.2, 0) is 0 Å². The molecule has 0 spiro atoms. The SMILES string of the molecule is OCC1(C2CC=CCC2)CCC1. The van der Waals surface area contributed by atoms with E-state index in [-0.39, 0.29) is 0 Å². The zero-order valence-electron chi connectivity index (χ0n) is 7.63. The van der Waals surface area contributed by atoms with Gasteiger partial charge in [-0.3, -0.25) is 0 Å².